The Kier molecular flexibility index (Phi) is 4.75. The summed E-state index contributed by atoms with van der Waals surface area (Å²) in [6.07, 6.45) is 12.7. The maximum atomic E-state index is 6.33. The van der Waals surface area contributed by atoms with Crippen LogP contribution in [0.3, 0.4) is 0 Å². The van der Waals surface area contributed by atoms with Crippen LogP contribution >= 0.6 is 0 Å². The molecule has 4 aliphatic rings. The van der Waals surface area contributed by atoms with Crippen LogP contribution in [0.2, 0.25) is 0 Å². The fourth-order valence-corrected chi connectivity index (χ4v) is 7.70. The first-order valence-electron chi connectivity index (χ1n) is 10.9. The number of nitrogens with one attached hydrogen (secondary N) is 1. The summed E-state index contributed by atoms with van der Waals surface area (Å²) in [7, 11) is 0. The van der Waals surface area contributed by atoms with Crippen molar-refractivity contribution in [1.29, 1.82) is 0 Å². The van der Waals surface area contributed by atoms with E-state index in [2.05, 4.69) is 26.1 Å². The van der Waals surface area contributed by atoms with Gasteiger partial charge in [0.15, 0.2) is 0 Å². The van der Waals surface area contributed by atoms with Gasteiger partial charge in [-0.05, 0) is 105 Å². The molecule has 0 aromatic carbocycles. The predicted octanol–water partition coefficient (Wildman–Crippen LogP) is 4.58. The van der Waals surface area contributed by atoms with Gasteiger partial charge in [-0.3, -0.25) is 0 Å². The molecule has 1 aliphatic heterocycles. The summed E-state index contributed by atoms with van der Waals surface area (Å²) in [6.45, 7) is 8.95. The second-order valence-corrected chi connectivity index (χ2v) is 10.7. The van der Waals surface area contributed by atoms with Crippen LogP contribution < -0.4 is 11.1 Å². The Morgan fingerprint density at radius 1 is 0.875 bits per heavy atom. The fraction of sp³-hybridized carbons (Fsp3) is 1.00. The Morgan fingerprint density at radius 2 is 1.67 bits per heavy atom. The molecule has 4 rings (SSSR count). The third-order valence-corrected chi connectivity index (χ3v) is 8.46. The highest BCUT2D eigenvalue weighted by Crippen LogP contribution is 2.55. The van der Waals surface area contributed by atoms with Crippen molar-refractivity contribution in [2.24, 2.45) is 46.7 Å². The van der Waals surface area contributed by atoms with Gasteiger partial charge in [0.05, 0.1) is 0 Å². The molecule has 0 amide bonds. The second-order valence-electron chi connectivity index (χ2n) is 10.7. The van der Waals surface area contributed by atoms with Crippen LogP contribution in [0, 0.1) is 40.9 Å². The number of piperidine rings is 1. The van der Waals surface area contributed by atoms with Gasteiger partial charge in [-0.2, -0.15) is 0 Å². The van der Waals surface area contributed by atoms with Crippen LogP contribution in [0.1, 0.15) is 78.6 Å². The van der Waals surface area contributed by atoms with Crippen molar-refractivity contribution >= 4 is 0 Å². The van der Waals surface area contributed by atoms with Crippen LogP contribution in [0.5, 0.6) is 0 Å². The average molecular weight is 333 g/mol. The highest BCUT2D eigenvalue weighted by molar-refractivity contribution is 5.02. The van der Waals surface area contributed by atoms with Crippen molar-refractivity contribution in [3.63, 3.8) is 0 Å². The van der Waals surface area contributed by atoms with Gasteiger partial charge < -0.3 is 11.1 Å². The first-order chi connectivity index (χ1) is 11.4. The Bertz CT molecular complexity index is 445. The SMILES string of the molecule is CC1CC(C)(C)CC2C3CC[C@@H](N)CC3CCC2C2NCCCC12. The lowest BCUT2D eigenvalue weighted by Gasteiger charge is -2.56. The largest absolute Gasteiger partial charge is 0.328 e. The summed E-state index contributed by atoms with van der Waals surface area (Å²) in [4.78, 5) is 0. The molecule has 0 aromatic heterocycles. The van der Waals surface area contributed by atoms with E-state index in [0.717, 1.165) is 41.5 Å². The van der Waals surface area contributed by atoms with E-state index in [1.54, 1.807) is 0 Å². The van der Waals surface area contributed by atoms with Crippen LogP contribution in [0.4, 0.5) is 0 Å². The van der Waals surface area contributed by atoms with E-state index in [1.165, 1.54) is 64.3 Å². The molecular weight excluding hydrogens is 292 g/mol. The van der Waals surface area contributed by atoms with Crippen LogP contribution in [-0.2, 0) is 0 Å². The predicted molar refractivity (Wildman–Crippen MR) is 102 cm³/mol. The Balaban J connectivity index is 1.63. The maximum absolute atomic E-state index is 6.33. The Morgan fingerprint density at radius 3 is 2.50 bits per heavy atom. The van der Waals surface area contributed by atoms with Gasteiger partial charge in [0.1, 0.15) is 0 Å². The lowest BCUT2D eigenvalue weighted by molar-refractivity contribution is -0.0391. The summed E-state index contributed by atoms with van der Waals surface area (Å²) in [5, 5.41) is 4.03. The van der Waals surface area contributed by atoms with Gasteiger partial charge in [0, 0.05) is 12.1 Å². The highest BCUT2D eigenvalue weighted by Gasteiger charge is 2.50. The molecule has 8 atom stereocenters. The molecule has 3 N–H and O–H groups in total. The van der Waals surface area contributed by atoms with Gasteiger partial charge >= 0.3 is 0 Å². The minimum atomic E-state index is 0.491. The number of hydrogen-bond donors (Lipinski definition) is 2. The topological polar surface area (TPSA) is 38.0 Å². The van der Waals surface area contributed by atoms with Crippen molar-refractivity contribution in [3.05, 3.63) is 0 Å². The lowest BCUT2D eigenvalue weighted by Crippen LogP contribution is -2.56. The molecule has 3 aliphatic carbocycles. The normalized spacial score (nSPS) is 51.5. The molecular formula is C22H40N2. The van der Waals surface area contributed by atoms with E-state index < -0.39 is 0 Å². The fourth-order valence-electron chi connectivity index (χ4n) is 7.70. The molecule has 1 saturated heterocycles. The highest BCUT2D eigenvalue weighted by atomic mass is 14.9. The zero-order valence-electron chi connectivity index (χ0n) is 16.3. The van der Waals surface area contributed by atoms with Crippen LogP contribution in [-0.4, -0.2) is 18.6 Å². The van der Waals surface area contributed by atoms with Crippen LogP contribution in [0.25, 0.3) is 0 Å². The second kappa shape index (κ2) is 6.58. The molecule has 24 heavy (non-hydrogen) atoms. The van der Waals surface area contributed by atoms with E-state index in [9.17, 15) is 0 Å². The molecule has 0 aromatic rings. The minimum absolute atomic E-state index is 0.491. The maximum Gasteiger partial charge on any atom is 0.0129 e. The van der Waals surface area contributed by atoms with E-state index in [0.29, 0.717) is 11.5 Å². The summed E-state index contributed by atoms with van der Waals surface area (Å²) >= 11 is 0. The van der Waals surface area contributed by atoms with Crippen molar-refractivity contribution in [2.75, 3.05) is 6.54 Å². The molecule has 0 bridgehead atoms. The molecule has 138 valence electrons. The summed E-state index contributed by atoms with van der Waals surface area (Å²) in [5.41, 5.74) is 6.85. The van der Waals surface area contributed by atoms with Crippen molar-refractivity contribution in [3.8, 4) is 0 Å². The van der Waals surface area contributed by atoms with E-state index in [4.69, 9.17) is 5.73 Å². The first-order valence-corrected chi connectivity index (χ1v) is 10.9. The standard InChI is InChI=1S/C22H40N2/c1-14-12-22(2,3)13-20-18-9-7-16(23)11-15(18)6-8-19(20)21-17(14)5-4-10-24-21/h14-21,24H,4-13,23H2,1-3H3/t14?,15?,16-,17?,18?,19?,20?,21?/m1/s1. The molecule has 4 fully saturated rings. The van der Waals surface area contributed by atoms with Crippen molar-refractivity contribution in [2.45, 2.75) is 90.6 Å². The van der Waals surface area contributed by atoms with Crippen molar-refractivity contribution in [1.82, 2.24) is 5.32 Å². The van der Waals surface area contributed by atoms with Crippen LogP contribution in [0.15, 0.2) is 0 Å². The molecule has 0 radical (unpaired) electrons. The third kappa shape index (κ3) is 3.18. The zero-order chi connectivity index (χ0) is 16.9. The Labute approximate surface area is 149 Å². The van der Waals surface area contributed by atoms with Gasteiger partial charge in [-0.1, -0.05) is 20.8 Å². The quantitative estimate of drug-likeness (QED) is 0.681. The first kappa shape index (κ1) is 17.3. The summed E-state index contributed by atoms with van der Waals surface area (Å²) < 4.78 is 0. The third-order valence-electron chi connectivity index (χ3n) is 8.46. The smallest absolute Gasteiger partial charge is 0.0129 e. The summed E-state index contributed by atoms with van der Waals surface area (Å²) in [6, 6.07) is 1.30. The van der Waals surface area contributed by atoms with Gasteiger partial charge in [-0.15, -0.1) is 0 Å². The minimum Gasteiger partial charge on any atom is -0.328 e. The molecule has 3 saturated carbocycles. The monoisotopic (exact) mass is 332 g/mol. The number of hydrogen-bond acceptors (Lipinski definition) is 2. The van der Waals surface area contributed by atoms with Crippen molar-refractivity contribution < 1.29 is 0 Å². The lowest BCUT2D eigenvalue weighted by atomic mass is 9.52. The molecule has 2 nitrogen and oxygen atoms in total. The van der Waals surface area contributed by atoms with E-state index in [-0.39, 0.29) is 0 Å². The zero-order valence-corrected chi connectivity index (χ0v) is 16.3. The summed E-state index contributed by atoms with van der Waals surface area (Å²) in [5.74, 6) is 5.61. The van der Waals surface area contributed by atoms with E-state index >= 15 is 0 Å². The van der Waals surface area contributed by atoms with Gasteiger partial charge in [0.2, 0.25) is 0 Å². The molecule has 0 spiro atoms. The van der Waals surface area contributed by atoms with Gasteiger partial charge in [0.25, 0.3) is 0 Å². The number of fused-ring (bicyclic) bond motifs is 5. The molecule has 1 heterocycles. The number of rotatable bonds is 0. The van der Waals surface area contributed by atoms with E-state index in [1.807, 2.05) is 0 Å². The average Bonchev–Trinajstić information content (AvgIpc) is 2.53. The number of nitrogens with two attached hydrogens (primary N) is 1. The molecule has 2 heteroatoms. The Hall–Kier alpha value is -0.0800. The van der Waals surface area contributed by atoms with Gasteiger partial charge in [-0.25, -0.2) is 0 Å². The molecule has 7 unspecified atom stereocenters.